The number of nitrogens with one attached hydrogen (secondary N) is 1. The fourth-order valence-electron chi connectivity index (χ4n) is 2.47. The van der Waals surface area contributed by atoms with Crippen LogP contribution >= 0.6 is 0 Å². The molecule has 1 aromatic heterocycles. The summed E-state index contributed by atoms with van der Waals surface area (Å²) >= 11 is 0. The van der Waals surface area contributed by atoms with E-state index in [-0.39, 0.29) is 12.5 Å². The summed E-state index contributed by atoms with van der Waals surface area (Å²) in [7, 11) is 0. The normalized spacial score (nSPS) is 13.0. The Hall–Kier alpha value is -3.35. The van der Waals surface area contributed by atoms with Crippen LogP contribution in [0.1, 0.15) is 5.56 Å². The fraction of sp³-hybridized carbons (Fsp3) is 0.0625. The van der Waals surface area contributed by atoms with Gasteiger partial charge in [0.1, 0.15) is 0 Å². The number of fused-ring (bicyclic) bond motifs is 2. The van der Waals surface area contributed by atoms with Gasteiger partial charge in [-0.05, 0) is 29.7 Å². The second kappa shape index (κ2) is 5.13. The van der Waals surface area contributed by atoms with E-state index < -0.39 is 4.92 Å². The molecule has 0 fully saturated rings. The van der Waals surface area contributed by atoms with Crippen LogP contribution in [0.15, 0.2) is 47.6 Å². The maximum atomic E-state index is 11.2. The zero-order valence-electron chi connectivity index (χ0n) is 11.9. The Balaban J connectivity index is 1.73. The Morgan fingerprint density at radius 1 is 1.17 bits per heavy atom. The predicted octanol–water partition coefficient (Wildman–Crippen LogP) is 3.56. The van der Waals surface area contributed by atoms with E-state index in [1.807, 2.05) is 30.5 Å². The molecule has 23 heavy (non-hydrogen) atoms. The highest BCUT2D eigenvalue weighted by Crippen LogP contribution is 2.37. The molecule has 0 saturated heterocycles. The highest BCUT2D eigenvalue weighted by atomic mass is 16.7. The SMILES string of the molecule is O=[N+]([O-])c1cc2c(cc1C=Nc1ccc3cc[nH]c3c1)OCO2. The van der Waals surface area contributed by atoms with Gasteiger partial charge in [-0.25, -0.2) is 0 Å². The van der Waals surface area contributed by atoms with Gasteiger partial charge in [0.15, 0.2) is 11.5 Å². The second-order valence-corrected chi connectivity index (χ2v) is 5.03. The topological polar surface area (TPSA) is 89.8 Å². The minimum Gasteiger partial charge on any atom is -0.454 e. The number of nitro benzene ring substituents is 1. The van der Waals surface area contributed by atoms with E-state index in [0.29, 0.717) is 22.7 Å². The van der Waals surface area contributed by atoms with Crippen LogP contribution in [0.2, 0.25) is 0 Å². The van der Waals surface area contributed by atoms with Crippen molar-refractivity contribution in [3.8, 4) is 11.5 Å². The number of aromatic amines is 1. The highest BCUT2D eigenvalue weighted by Gasteiger charge is 2.22. The number of ether oxygens (including phenoxy) is 2. The summed E-state index contributed by atoms with van der Waals surface area (Å²) in [5.74, 6) is 0.860. The van der Waals surface area contributed by atoms with Gasteiger partial charge in [-0.15, -0.1) is 0 Å². The lowest BCUT2D eigenvalue weighted by atomic mass is 10.1. The molecule has 2 aromatic carbocycles. The molecule has 0 atom stereocenters. The average molecular weight is 309 g/mol. The first-order valence-electron chi connectivity index (χ1n) is 6.90. The predicted molar refractivity (Wildman–Crippen MR) is 84.8 cm³/mol. The maximum absolute atomic E-state index is 11.2. The van der Waals surface area contributed by atoms with Gasteiger partial charge in [0.2, 0.25) is 6.79 Å². The fourth-order valence-corrected chi connectivity index (χ4v) is 2.47. The summed E-state index contributed by atoms with van der Waals surface area (Å²) < 4.78 is 10.4. The van der Waals surface area contributed by atoms with Crippen LogP contribution in [-0.2, 0) is 0 Å². The molecule has 3 aromatic rings. The summed E-state index contributed by atoms with van der Waals surface area (Å²) in [6.07, 6.45) is 3.31. The molecule has 0 spiro atoms. The first-order chi connectivity index (χ1) is 11.2. The lowest BCUT2D eigenvalue weighted by Crippen LogP contribution is -1.94. The van der Waals surface area contributed by atoms with Gasteiger partial charge in [0.25, 0.3) is 5.69 Å². The summed E-state index contributed by atoms with van der Waals surface area (Å²) in [6.45, 7) is 0.0660. The van der Waals surface area contributed by atoms with Crippen molar-refractivity contribution in [1.82, 2.24) is 4.98 Å². The monoisotopic (exact) mass is 309 g/mol. The summed E-state index contributed by atoms with van der Waals surface area (Å²) in [6, 6.07) is 10.6. The van der Waals surface area contributed by atoms with Crippen LogP contribution in [0.25, 0.3) is 10.9 Å². The molecule has 1 N–H and O–H groups in total. The number of benzene rings is 2. The molecule has 1 aliphatic heterocycles. The molecule has 1 aliphatic rings. The van der Waals surface area contributed by atoms with Crippen molar-refractivity contribution in [2.45, 2.75) is 0 Å². The van der Waals surface area contributed by atoms with Gasteiger partial charge in [-0.1, -0.05) is 6.07 Å². The largest absolute Gasteiger partial charge is 0.454 e. The summed E-state index contributed by atoms with van der Waals surface area (Å²) in [5, 5.41) is 12.3. The maximum Gasteiger partial charge on any atom is 0.282 e. The number of aliphatic imine (C=N–C) groups is 1. The molecule has 0 bridgehead atoms. The van der Waals surface area contributed by atoms with Crippen molar-refractivity contribution in [3.05, 3.63) is 58.3 Å². The Bertz CT molecular complexity index is 946. The molecule has 0 aliphatic carbocycles. The second-order valence-electron chi connectivity index (χ2n) is 5.03. The Morgan fingerprint density at radius 2 is 2.00 bits per heavy atom. The van der Waals surface area contributed by atoms with Crippen LogP contribution in [0.5, 0.6) is 11.5 Å². The van der Waals surface area contributed by atoms with Crippen LogP contribution in [0.4, 0.5) is 11.4 Å². The van der Waals surface area contributed by atoms with E-state index in [2.05, 4.69) is 9.98 Å². The van der Waals surface area contributed by atoms with Crippen LogP contribution in [-0.4, -0.2) is 22.9 Å². The third-order valence-corrected chi connectivity index (χ3v) is 3.61. The molecule has 0 saturated carbocycles. The molecular weight excluding hydrogens is 298 g/mol. The highest BCUT2D eigenvalue weighted by molar-refractivity contribution is 5.90. The summed E-state index contributed by atoms with van der Waals surface area (Å²) in [4.78, 5) is 18.2. The van der Waals surface area contributed by atoms with Gasteiger partial charge in [-0.2, -0.15) is 0 Å². The molecule has 4 rings (SSSR count). The van der Waals surface area contributed by atoms with E-state index in [4.69, 9.17) is 9.47 Å². The first-order valence-corrected chi connectivity index (χ1v) is 6.90. The van der Waals surface area contributed by atoms with E-state index >= 15 is 0 Å². The standard InChI is InChI=1S/C16H11N3O4/c20-19(21)14-7-16-15(22-9-23-16)5-11(14)8-18-12-2-1-10-3-4-17-13(10)6-12/h1-8,17H,9H2. The van der Waals surface area contributed by atoms with Crippen molar-refractivity contribution in [2.24, 2.45) is 4.99 Å². The number of rotatable bonds is 3. The third kappa shape index (κ3) is 2.38. The van der Waals surface area contributed by atoms with Crippen molar-refractivity contribution < 1.29 is 14.4 Å². The summed E-state index contributed by atoms with van der Waals surface area (Å²) in [5.41, 5.74) is 1.96. The zero-order valence-corrected chi connectivity index (χ0v) is 11.9. The van der Waals surface area contributed by atoms with E-state index in [1.54, 1.807) is 6.07 Å². The molecule has 7 heteroatoms. The van der Waals surface area contributed by atoms with Gasteiger partial charge in [0, 0.05) is 17.9 Å². The number of aromatic nitrogens is 1. The van der Waals surface area contributed by atoms with Gasteiger partial charge in [-0.3, -0.25) is 15.1 Å². The Kier molecular flexibility index (Phi) is 2.97. The molecule has 0 amide bonds. The van der Waals surface area contributed by atoms with Crippen molar-refractivity contribution in [1.29, 1.82) is 0 Å². The Labute approximate surface area is 130 Å². The number of hydrogen-bond acceptors (Lipinski definition) is 5. The molecule has 7 nitrogen and oxygen atoms in total. The van der Waals surface area contributed by atoms with Crippen molar-refractivity contribution in [3.63, 3.8) is 0 Å². The van der Waals surface area contributed by atoms with Gasteiger partial charge < -0.3 is 14.5 Å². The first kappa shape index (κ1) is 13.3. The van der Waals surface area contributed by atoms with Crippen LogP contribution in [0.3, 0.4) is 0 Å². The molecule has 114 valence electrons. The third-order valence-electron chi connectivity index (χ3n) is 3.61. The molecule has 2 heterocycles. The van der Waals surface area contributed by atoms with E-state index in [0.717, 1.165) is 10.9 Å². The van der Waals surface area contributed by atoms with Gasteiger partial charge in [0.05, 0.1) is 22.2 Å². The number of nitro groups is 1. The quantitative estimate of drug-likeness (QED) is 0.455. The van der Waals surface area contributed by atoms with E-state index in [9.17, 15) is 10.1 Å². The minimum atomic E-state index is -0.461. The van der Waals surface area contributed by atoms with Crippen LogP contribution < -0.4 is 9.47 Å². The molecule has 0 radical (unpaired) electrons. The zero-order chi connectivity index (χ0) is 15.8. The van der Waals surface area contributed by atoms with Crippen LogP contribution in [0, 0.1) is 10.1 Å². The minimum absolute atomic E-state index is 0.0660. The lowest BCUT2D eigenvalue weighted by molar-refractivity contribution is -0.385. The van der Waals surface area contributed by atoms with Crippen molar-refractivity contribution >= 4 is 28.5 Å². The lowest BCUT2D eigenvalue weighted by Gasteiger charge is -2.01. The average Bonchev–Trinajstić information content (AvgIpc) is 3.19. The van der Waals surface area contributed by atoms with E-state index in [1.165, 1.54) is 12.3 Å². The van der Waals surface area contributed by atoms with Crippen molar-refractivity contribution in [2.75, 3.05) is 6.79 Å². The molecule has 0 unspecified atom stereocenters. The smallest absolute Gasteiger partial charge is 0.282 e. The number of nitrogens with zero attached hydrogens (tertiary/aromatic N) is 2. The molecular formula is C16H11N3O4. The number of H-pyrrole nitrogens is 1. The number of hydrogen-bond donors (Lipinski definition) is 1. The van der Waals surface area contributed by atoms with Gasteiger partial charge >= 0.3 is 0 Å². The Morgan fingerprint density at radius 3 is 2.83 bits per heavy atom.